The molecule has 2 saturated carbocycles. The Balaban J connectivity index is 0.946. The van der Waals surface area contributed by atoms with Crippen molar-refractivity contribution < 1.29 is 139 Å². The van der Waals surface area contributed by atoms with E-state index in [0.717, 1.165) is 49.8 Å². The Kier molecular flexibility index (Phi) is 29.5. The first-order valence-corrected chi connectivity index (χ1v) is 46.5. The number of fused-ring (bicyclic) bond motifs is 17. The number of rotatable bonds is 20. The molecule has 0 aromatic heterocycles. The van der Waals surface area contributed by atoms with E-state index >= 15 is 28.8 Å². The van der Waals surface area contributed by atoms with Crippen LogP contribution >= 0.6 is 35.1 Å². The topological polar surface area (TPSA) is 544 Å². The molecule has 6 aliphatic carbocycles. The van der Waals surface area contributed by atoms with E-state index in [4.69, 9.17) is 67.8 Å². The van der Waals surface area contributed by atoms with Gasteiger partial charge in [0.15, 0.2) is 23.9 Å². The number of aliphatic hydroxyl groups excluding tert-OH is 9. The number of amides is 8. The van der Waals surface area contributed by atoms with Crippen LogP contribution < -0.4 is 98.9 Å². The van der Waals surface area contributed by atoms with E-state index in [1.807, 2.05) is 13.8 Å². The fourth-order valence-electron chi connectivity index (χ4n) is 18.6. The number of carbonyl (C=O) groups excluding carboxylic acids is 8. The van der Waals surface area contributed by atoms with Crippen LogP contribution in [-0.2, 0) is 52.6 Å². The Hall–Kier alpha value is -7.94. The molecule has 39 heteroatoms. The van der Waals surface area contributed by atoms with Crippen molar-refractivity contribution in [1.82, 2.24) is 47.3 Å². The maximum absolute atomic E-state index is 16.8. The molecule has 8 heterocycles. The van der Waals surface area contributed by atoms with Gasteiger partial charge in [0, 0.05) is 23.3 Å². The molecule has 682 valence electrons. The van der Waals surface area contributed by atoms with E-state index < -0.39 is 256 Å². The fraction of sp³-hybridized carbons (Fsp3) is 0.581. The zero-order valence-corrected chi connectivity index (χ0v) is 74.2. The number of alkyl halides is 3. The normalized spacial score (nSPS) is 35.8. The summed E-state index contributed by atoms with van der Waals surface area (Å²) in [6.45, 7) is 8.10. The summed E-state index contributed by atoms with van der Waals surface area (Å²) < 4.78 is 48.9. The van der Waals surface area contributed by atoms with Gasteiger partial charge in [-0.15, -0.1) is 11.6 Å². The van der Waals surface area contributed by atoms with Crippen molar-refractivity contribution in [1.29, 1.82) is 0 Å². The Morgan fingerprint density at radius 3 is 2.26 bits per heavy atom. The Morgan fingerprint density at radius 2 is 1.54 bits per heavy atom. The third kappa shape index (κ3) is 20.6. The van der Waals surface area contributed by atoms with Crippen molar-refractivity contribution in [3.63, 3.8) is 0 Å². The Morgan fingerprint density at radius 1 is 0.808 bits per heavy atom. The number of hydrogen-bond acceptors (Lipinski definition) is 28. The van der Waals surface area contributed by atoms with E-state index in [2.05, 4.69) is 47.3 Å². The molecule has 0 radical (unpaired) electrons. The quantitative estimate of drug-likeness (QED) is 0.0309. The first-order chi connectivity index (χ1) is 59.6. The van der Waals surface area contributed by atoms with E-state index in [-0.39, 0.29) is 91.5 Å². The van der Waals surface area contributed by atoms with Crippen LogP contribution in [0.2, 0.25) is 0 Å². The molecule has 27 atom stereocenters. The monoisotopic (exact) mass is 1910 g/mol. The minimum absolute atomic E-state index is 0.0172. The van der Waals surface area contributed by atoms with Crippen molar-refractivity contribution >= 4 is 82.4 Å². The summed E-state index contributed by atoms with van der Waals surface area (Å²) in [4.78, 5) is 126. The number of ether oxygens (including phenoxy) is 7. The van der Waals surface area contributed by atoms with Crippen molar-refractivity contribution in [2.45, 2.75) is 258 Å². The van der Waals surface area contributed by atoms with Crippen LogP contribution in [0.15, 0.2) is 134 Å². The summed E-state index contributed by atoms with van der Waals surface area (Å²) >= 11 is 15.3. The summed E-state index contributed by atoms with van der Waals surface area (Å²) in [7, 11) is 1.52. The molecule has 125 heavy (non-hydrogen) atoms. The molecule has 8 aliphatic heterocycles. The molecule has 2 aromatic rings. The second-order valence-corrected chi connectivity index (χ2v) is 40.7. The molecular weight excluding hydrogens is 1800 g/mol. The number of likely N-dealkylation sites (N-methyl/N-ethyl adjacent to an activating group) is 1. The van der Waals surface area contributed by atoms with Crippen LogP contribution in [0.5, 0.6) is 23.0 Å². The number of aliphatic hydroxyl groups is 9. The fourth-order valence-corrected chi connectivity index (χ4v) is 24.6. The number of nitrogens with one attached hydrogen (secondary N) is 9. The zero-order valence-electron chi connectivity index (χ0n) is 69.7. The average Bonchev–Trinajstić information content (AvgIpc) is 0.831. The number of allylic oxidation sites excluding steroid dienone is 9. The van der Waals surface area contributed by atoms with Crippen molar-refractivity contribution in [3.8, 4) is 23.0 Å². The van der Waals surface area contributed by atoms with Gasteiger partial charge in [0.25, 0.3) is 0 Å². The van der Waals surface area contributed by atoms with Crippen molar-refractivity contribution in [2.75, 3.05) is 26.8 Å². The molecule has 22 N–H and O–H groups in total. The van der Waals surface area contributed by atoms with Crippen LogP contribution in [0.1, 0.15) is 130 Å². The Labute approximate surface area is 746 Å². The second-order valence-electron chi connectivity index (χ2n) is 34.8. The maximum atomic E-state index is 16.8. The van der Waals surface area contributed by atoms with E-state index in [9.17, 15) is 55.5 Å². The molecule has 16 rings (SSSR count). The summed E-state index contributed by atoms with van der Waals surface area (Å²) in [6.07, 6.45) is -7.80. The van der Waals surface area contributed by atoms with Gasteiger partial charge < -0.3 is 91.4 Å². The molecule has 2 aromatic carbocycles. The SMILES string of the molecule is CN[C@@H](CC(C)C)C(=O)N[C@H]1C(=O)N[C@@H](CC(=O)NSc2ccc(OCCCN)cc2)C(=O)N[C@H]2C(=O)N[C@@H]3C(=O)N[C@@H](C(=O)N[C@H](C(=O)NC4CC5CCC6CC5CC4[I-]6)C4=C[C@H](O)CC(O)=C4C4CC3=CC=C4O)[C@@H](O)C3=CC=C(Oc4cc2cc(c4O[C@@H]2O[C@H](CO)[C@H](O)[C@H](O)[C@@H]2O[C@H]2C[C@](C)(N)[C@H](O)[C@H](C)O2)OC2=C(Cl)C=C(CC2)[C@H]1O)[C@@H](Cl)C3C. The van der Waals surface area contributed by atoms with Crippen LogP contribution in [-0.4, -0.2) is 249 Å². The van der Waals surface area contributed by atoms with E-state index in [1.54, 1.807) is 38.1 Å². The number of nitrogens with two attached hydrogens (primary N) is 2. The summed E-state index contributed by atoms with van der Waals surface area (Å²) in [6, 6.07) is -4.86. The molecule has 8 amide bonds. The molecule has 14 bridgehead atoms. The van der Waals surface area contributed by atoms with E-state index in [0.29, 0.717) is 52.4 Å². The first kappa shape index (κ1) is 93.2. The van der Waals surface area contributed by atoms with Crippen LogP contribution in [0.25, 0.3) is 0 Å². The van der Waals surface area contributed by atoms with Gasteiger partial charge in [-0.2, -0.15) is 0 Å². The Bertz CT molecular complexity index is 4740. The predicted octanol–water partition coefficient (Wildman–Crippen LogP) is -1.56. The number of benzene rings is 2. The standard InChI is InChI=1S/C86H111Cl2IN11O24S/c1-35(2)22-53(92-6)78(111)98-69-71(106)40-10-18-57(50(87)25-40)120-59-28-42-29-60(75(59)124-85-76(74(109)73(108)61(34-101)122-85)123-63-33-86(5,91)77(110)37(4)119-63)121-58-19-16-47(36(3)65(58)88)72(107)70-84(117)97-68(82(115)93-52-27-38-8-11-43-23-41(38)26-51(52)89-43)49-30-44(102)31-56(104)64(49)48-24-39(9-17-55(48)103)66(80(113)99-70)96-81(114)67(42)95-79(112)54(94-83(69)116)32-62(105)100-125-46-14-12-45(13-15-46)118-21-7-20-90/h9,12-17,19,25,28-30,35-38,41,43-44,48,51-54,61,63,65-74,76-77,85,92,101-104,106-110H,7-8,10-11,18,20-24,26-27,31-34,90-91H2,1-6H3,(H,93,115)(H,94,116)(H,95,112)(H,96,114)(H,97,117)(H,98,111)(H,99,113)(H,100,105)/q-1/t36?,37-,38?,41?,43?,44-,48?,51?,52?,53-,54-,61+,63-,65-,66-,67+,68-,69+,70+,71+,72-,73-,74-,76-,77+,85-,86-/m0/s1. The second kappa shape index (κ2) is 39.6. The van der Waals surface area contributed by atoms with Gasteiger partial charge in [0.1, 0.15) is 59.8 Å². The molecule has 7 unspecified atom stereocenters. The van der Waals surface area contributed by atoms with Crippen LogP contribution in [0.3, 0.4) is 0 Å². The third-order valence-corrected chi connectivity index (χ3v) is 31.6. The van der Waals surface area contributed by atoms with Gasteiger partial charge in [-0.25, -0.2) is 0 Å². The summed E-state index contributed by atoms with van der Waals surface area (Å²) in [5, 5.41) is 129. The van der Waals surface area contributed by atoms with Gasteiger partial charge in [-0.3, -0.25) is 28.7 Å². The van der Waals surface area contributed by atoms with Crippen LogP contribution in [0, 0.1) is 29.6 Å². The number of carbonyl (C=O) groups is 8. The summed E-state index contributed by atoms with van der Waals surface area (Å²) in [5.41, 5.74) is 10.2. The average molecular weight is 1910 g/mol. The molecule has 4 saturated heterocycles. The van der Waals surface area contributed by atoms with Gasteiger partial charge in [0.2, 0.25) is 41.6 Å². The number of halogens is 3. The molecule has 0 spiro atoms. The molecule has 6 fully saturated rings. The van der Waals surface area contributed by atoms with Crippen molar-refractivity contribution in [3.05, 3.63) is 134 Å². The van der Waals surface area contributed by atoms with Gasteiger partial charge >= 0.3 is 284 Å². The predicted molar refractivity (Wildman–Crippen MR) is 448 cm³/mol. The van der Waals surface area contributed by atoms with Crippen LogP contribution in [0.4, 0.5) is 0 Å². The summed E-state index contributed by atoms with van der Waals surface area (Å²) in [5.74, 6) is -13.0. The van der Waals surface area contributed by atoms with Crippen molar-refractivity contribution in [2.24, 2.45) is 41.1 Å². The van der Waals surface area contributed by atoms with Gasteiger partial charge in [0.05, 0.1) is 42.9 Å². The molecular formula is C86H111Cl2IN11O24S-. The van der Waals surface area contributed by atoms with E-state index in [1.165, 1.54) is 50.4 Å². The zero-order chi connectivity index (χ0) is 89.5. The minimum atomic E-state index is -2.30. The molecule has 14 aliphatic rings. The molecule has 35 nitrogen and oxygen atoms in total. The third-order valence-electron chi connectivity index (χ3n) is 25.4. The van der Waals surface area contributed by atoms with Gasteiger partial charge in [-0.1, -0.05) is 25.4 Å². The first-order valence-electron chi connectivity index (χ1n) is 42.4. The van der Waals surface area contributed by atoms with Gasteiger partial charge in [-0.05, 0) is 118 Å². The number of hydrogen-bond donors (Lipinski definition) is 20.